The van der Waals surface area contributed by atoms with Gasteiger partial charge in [0.2, 0.25) is 0 Å². The maximum Gasteiger partial charge on any atom is 0.0556 e. The van der Waals surface area contributed by atoms with Gasteiger partial charge in [0.1, 0.15) is 0 Å². The van der Waals surface area contributed by atoms with Crippen molar-refractivity contribution in [3.63, 3.8) is 0 Å². The van der Waals surface area contributed by atoms with Gasteiger partial charge in [-0.05, 0) is 41.8 Å². The number of nitrogens with one attached hydrogen (secondary N) is 2. The van der Waals surface area contributed by atoms with Gasteiger partial charge in [-0.2, -0.15) is 0 Å². The standard InChI is InChI=1S/C9H23N3/c1-8(10-7-12(5)6)11-9(2,3)4/h8,10-11H,7H2,1-6H3. The molecule has 0 fully saturated rings. The van der Waals surface area contributed by atoms with Crippen molar-refractivity contribution < 1.29 is 0 Å². The fourth-order valence-corrected chi connectivity index (χ4v) is 1.02. The zero-order chi connectivity index (χ0) is 9.78. The average Bonchev–Trinajstić information content (AvgIpc) is 1.79. The van der Waals surface area contributed by atoms with Gasteiger partial charge >= 0.3 is 0 Å². The molecule has 0 aromatic heterocycles. The van der Waals surface area contributed by atoms with Crippen LogP contribution < -0.4 is 10.6 Å². The van der Waals surface area contributed by atoms with Crippen LogP contribution >= 0.6 is 0 Å². The number of rotatable bonds is 4. The first-order valence-electron chi connectivity index (χ1n) is 4.47. The van der Waals surface area contributed by atoms with Gasteiger partial charge in [0.25, 0.3) is 0 Å². The first-order chi connectivity index (χ1) is 5.31. The van der Waals surface area contributed by atoms with Crippen LogP contribution in [0.2, 0.25) is 0 Å². The Morgan fingerprint density at radius 1 is 1.25 bits per heavy atom. The Kier molecular flexibility index (Phi) is 4.75. The normalized spacial score (nSPS) is 15.2. The quantitative estimate of drug-likeness (QED) is 0.617. The molecule has 3 nitrogen and oxygen atoms in total. The van der Waals surface area contributed by atoms with E-state index in [4.69, 9.17) is 0 Å². The van der Waals surface area contributed by atoms with E-state index < -0.39 is 0 Å². The summed E-state index contributed by atoms with van der Waals surface area (Å²) in [6, 6.07) is 0. The largest absolute Gasteiger partial charge is 0.297 e. The summed E-state index contributed by atoms with van der Waals surface area (Å²) < 4.78 is 0. The van der Waals surface area contributed by atoms with Crippen molar-refractivity contribution in [3.05, 3.63) is 0 Å². The summed E-state index contributed by atoms with van der Waals surface area (Å²) in [6.45, 7) is 9.54. The van der Waals surface area contributed by atoms with Gasteiger partial charge in [-0.15, -0.1) is 0 Å². The highest BCUT2D eigenvalue weighted by Crippen LogP contribution is 1.99. The summed E-state index contributed by atoms with van der Waals surface area (Å²) in [4.78, 5) is 2.11. The summed E-state index contributed by atoms with van der Waals surface area (Å²) in [5, 5.41) is 6.79. The zero-order valence-corrected chi connectivity index (χ0v) is 9.23. The van der Waals surface area contributed by atoms with E-state index in [2.05, 4.69) is 57.3 Å². The Balaban J connectivity index is 3.53. The summed E-state index contributed by atoms with van der Waals surface area (Å²) in [6.07, 6.45) is 0.354. The summed E-state index contributed by atoms with van der Waals surface area (Å²) in [5.41, 5.74) is 0.179. The van der Waals surface area contributed by atoms with E-state index in [1.54, 1.807) is 0 Å². The fourth-order valence-electron chi connectivity index (χ4n) is 1.02. The second-order valence-corrected chi connectivity index (χ2v) is 4.56. The van der Waals surface area contributed by atoms with Crippen molar-refractivity contribution in [1.82, 2.24) is 15.5 Å². The van der Waals surface area contributed by atoms with Gasteiger partial charge in [-0.3, -0.25) is 15.5 Å². The minimum absolute atomic E-state index is 0.179. The third-order valence-corrected chi connectivity index (χ3v) is 1.36. The molecular weight excluding hydrogens is 150 g/mol. The lowest BCUT2D eigenvalue weighted by atomic mass is 10.1. The molecule has 0 rings (SSSR count). The minimum atomic E-state index is 0.179. The molecule has 0 aromatic rings. The topological polar surface area (TPSA) is 27.3 Å². The maximum atomic E-state index is 3.44. The lowest BCUT2D eigenvalue weighted by Gasteiger charge is -2.27. The van der Waals surface area contributed by atoms with Crippen LogP contribution in [0.1, 0.15) is 27.7 Å². The molecule has 0 saturated carbocycles. The van der Waals surface area contributed by atoms with Gasteiger partial charge in [0.05, 0.1) is 6.17 Å². The average molecular weight is 173 g/mol. The predicted octanol–water partition coefficient (Wildman–Crippen LogP) is 0.829. The molecule has 74 valence electrons. The van der Waals surface area contributed by atoms with Crippen LogP contribution in [0, 0.1) is 0 Å². The first-order valence-corrected chi connectivity index (χ1v) is 4.47. The van der Waals surface area contributed by atoms with E-state index in [1.807, 2.05) is 0 Å². The van der Waals surface area contributed by atoms with E-state index in [-0.39, 0.29) is 5.54 Å². The third kappa shape index (κ3) is 7.98. The number of hydrogen-bond donors (Lipinski definition) is 2. The van der Waals surface area contributed by atoms with Crippen LogP contribution in [0.3, 0.4) is 0 Å². The molecule has 0 radical (unpaired) electrons. The minimum Gasteiger partial charge on any atom is -0.297 e. The maximum absolute atomic E-state index is 3.44. The van der Waals surface area contributed by atoms with Crippen LogP contribution in [0.4, 0.5) is 0 Å². The Labute approximate surface area is 76.5 Å². The first kappa shape index (κ1) is 11.9. The highest BCUT2D eigenvalue weighted by Gasteiger charge is 2.12. The van der Waals surface area contributed by atoms with Crippen LogP contribution in [0.5, 0.6) is 0 Å². The molecule has 0 aliphatic rings. The highest BCUT2D eigenvalue weighted by atomic mass is 15.2. The molecule has 0 spiro atoms. The molecule has 0 saturated heterocycles. The van der Waals surface area contributed by atoms with Crippen molar-refractivity contribution in [2.75, 3.05) is 20.8 Å². The van der Waals surface area contributed by atoms with Crippen molar-refractivity contribution in [2.45, 2.75) is 39.4 Å². The monoisotopic (exact) mass is 173 g/mol. The smallest absolute Gasteiger partial charge is 0.0556 e. The molecule has 0 bridgehead atoms. The number of hydrogen-bond acceptors (Lipinski definition) is 3. The van der Waals surface area contributed by atoms with Gasteiger partial charge in [0, 0.05) is 12.2 Å². The van der Waals surface area contributed by atoms with E-state index in [0.717, 1.165) is 6.67 Å². The molecule has 12 heavy (non-hydrogen) atoms. The van der Waals surface area contributed by atoms with Crippen LogP contribution in [-0.2, 0) is 0 Å². The molecule has 0 aliphatic heterocycles. The molecule has 2 N–H and O–H groups in total. The molecule has 0 aliphatic carbocycles. The molecule has 0 heterocycles. The Hall–Kier alpha value is -0.120. The van der Waals surface area contributed by atoms with Gasteiger partial charge in [-0.25, -0.2) is 0 Å². The van der Waals surface area contributed by atoms with Crippen LogP contribution in [0.25, 0.3) is 0 Å². The molecule has 0 amide bonds. The van der Waals surface area contributed by atoms with Crippen LogP contribution in [-0.4, -0.2) is 37.4 Å². The van der Waals surface area contributed by atoms with E-state index in [9.17, 15) is 0 Å². The van der Waals surface area contributed by atoms with E-state index >= 15 is 0 Å². The third-order valence-electron chi connectivity index (χ3n) is 1.36. The lowest BCUT2D eigenvalue weighted by Crippen LogP contribution is -2.51. The predicted molar refractivity (Wildman–Crippen MR) is 54.0 cm³/mol. The highest BCUT2D eigenvalue weighted by molar-refractivity contribution is 4.73. The van der Waals surface area contributed by atoms with Crippen molar-refractivity contribution >= 4 is 0 Å². The summed E-state index contributed by atoms with van der Waals surface area (Å²) >= 11 is 0. The second-order valence-electron chi connectivity index (χ2n) is 4.56. The van der Waals surface area contributed by atoms with Crippen molar-refractivity contribution in [2.24, 2.45) is 0 Å². The molecule has 1 atom stereocenters. The Morgan fingerprint density at radius 3 is 2.08 bits per heavy atom. The van der Waals surface area contributed by atoms with Gasteiger partial charge in [0.15, 0.2) is 0 Å². The Morgan fingerprint density at radius 2 is 1.75 bits per heavy atom. The SMILES string of the molecule is CC(NCN(C)C)NC(C)(C)C. The van der Waals surface area contributed by atoms with E-state index in [0.29, 0.717) is 6.17 Å². The van der Waals surface area contributed by atoms with Gasteiger partial charge in [-0.1, -0.05) is 0 Å². The van der Waals surface area contributed by atoms with Crippen LogP contribution in [0.15, 0.2) is 0 Å². The van der Waals surface area contributed by atoms with E-state index in [1.165, 1.54) is 0 Å². The second kappa shape index (κ2) is 4.80. The summed E-state index contributed by atoms with van der Waals surface area (Å²) in [7, 11) is 4.10. The van der Waals surface area contributed by atoms with Crippen molar-refractivity contribution in [3.8, 4) is 0 Å². The molecular formula is C9H23N3. The number of nitrogens with zero attached hydrogens (tertiary/aromatic N) is 1. The Bertz CT molecular complexity index is 115. The summed E-state index contributed by atoms with van der Waals surface area (Å²) in [5.74, 6) is 0. The molecule has 3 heteroatoms. The van der Waals surface area contributed by atoms with Gasteiger partial charge < -0.3 is 0 Å². The lowest BCUT2D eigenvalue weighted by molar-refractivity contribution is 0.282. The molecule has 0 aromatic carbocycles. The zero-order valence-electron chi connectivity index (χ0n) is 9.23. The molecule has 1 unspecified atom stereocenters. The van der Waals surface area contributed by atoms with Crippen molar-refractivity contribution in [1.29, 1.82) is 0 Å². The fraction of sp³-hybridized carbons (Fsp3) is 1.00.